The van der Waals surface area contributed by atoms with Crippen LogP contribution in [0.15, 0.2) is 23.2 Å². The molecule has 3 rings (SSSR count). The summed E-state index contributed by atoms with van der Waals surface area (Å²) in [5, 5.41) is 3.20. The zero-order valence-electron chi connectivity index (χ0n) is 17.0. The van der Waals surface area contributed by atoms with E-state index < -0.39 is 0 Å². The predicted molar refractivity (Wildman–Crippen MR) is 111 cm³/mol. The van der Waals surface area contributed by atoms with Gasteiger partial charge < -0.3 is 25.3 Å². The summed E-state index contributed by atoms with van der Waals surface area (Å²) in [6.45, 7) is 6.12. The molecule has 0 bridgehead atoms. The van der Waals surface area contributed by atoms with Crippen molar-refractivity contribution in [1.82, 2.24) is 10.2 Å². The Bertz CT molecular complexity index is 626. The van der Waals surface area contributed by atoms with Crippen LogP contribution in [-0.2, 0) is 11.3 Å². The van der Waals surface area contributed by atoms with Gasteiger partial charge in [-0.25, -0.2) is 4.99 Å². The molecule has 0 atom stereocenters. The third-order valence-corrected chi connectivity index (χ3v) is 5.32. The summed E-state index contributed by atoms with van der Waals surface area (Å²) >= 11 is 0. The quantitative estimate of drug-likeness (QED) is 0.382. The van der Waals surface area contributed by atoms with Gasteiger partial charge in [0.05, 0.1) is 33.0 Å². The Kier molecular flexibility index (Phi) is 8.23. The van der Waals surface area contributed by atoms with Crippen LogP contribution in [0.4, 0.5) is 0 Å². The van der Waals surface area contributed by atoms with Crippen LogP contribution < -0.4 is 20.5 Å². The van der Waals surface area contributed by atoms with Crippen molar-refractivity contribution in [3.8, 4) is 11.5 Å². The molecule has 1 aliphatic heterocycles. The van der Waals surface area contributed by atoms with Gasteiger partial charge in [-0.15, -0.1) is 0 Å². The second-order valence-electron chi connectivity index (χ2n) is 7.45. The number of benzene rings is 1. The van der Waals surface area contributed by atoms with E-state index in [1.165, 1.54) is 12.8 Å². The Labute approximate surface area is 168 Å². The number of nitrogens with one attached hydrogen (secondary N) is 1. The van der Waals surface area contributed by atoms with Crippen molar-refractivity contribution < 1.29 is 14.2 Å². The van der Waals surface area contributed by atoms with Crippen LogP contribution in [-0.4, -0.2) is 63.5 Å². The van der Waals surface area contributed by atoms with Crippen LogP contribution in [0.3, 0.4) is 0 Å². The van der Waals surface area contributed by atoms with E-state index in [2.05, 4.69) is 15.2 Å². The van der Waals surface area contributed by atoms with E-state index in [0.29, 0.717) is 18.6 Å². The number of rotatable bonds is 9. The molecule has 0 unspecified atom stereocenters. The van der Waals surface area contributed by atoms with Crippen LogP contribution in [0.5, 0.6) is 11.5 Å². The largest absolute Gasteiger partial charge is 0.493 e. The summed E-state index contributed by atoms with van der Waals surface area (Å²) in [4.78, 5) is 6.88. The van der Waals surface area contributed by atoms with Gasteiger partial charge in [-0.05, 0) is 56.3 Å². The number of hydrogen-bond donors (Lipinski definition) is 2. The maximum absolute atomic E-state index is 6.15. The zero-order chi connectivity index (χ0) is 19.6. The summed E-state index contributed by atoms with van der Waals surface area (Å²) < 4.78 is 17.0. The Morgan fingerprint density at radius 2 is 2.04 bits per heavy atom. The predicted octanol–water partition coefficient (Wildman–Crippen LogP) is 2.14. The summed E-state index contributed by atoms with van der Waals surface area (Å²) in [7, 11) is 1.67. The first-order chi connectivity index (χ1) is 13.7. The van der Waals surface area contributed by atoms with Gasteiger partial charge in [0.15, 0.2) is 17.5 Å². The Hall–Kier alpha value is -1.99. The fourth-order valence-corrected chi connectivity index (χ4v) is 3.67. The van der Waals surface area contributed by atoms with E-state index in [4.69, 9.17) is 19.9 Å². The number of methoxy groups -OCH3 is 1. The van der Waals surface area contributed by atoms with Gasteiger partial charge in [0.2, 0.25) is 0 Å². The number of hydrogen-bond acceptors (Lipinski definition) is 5. The molecule has 3 N–H and O–H groups in total. The molecule has 28 heavy (non-hydrogen) atoms. The molecule has 1 heterocycles. The van der Waals surface area contributed by atoms with Crippen molar-refractivity contribution in [1.29, 1.82) is 0 Å². The third kappa shape index (κ3) is 6.56. The SMILES string of the molecule is COc1ccc(CN=C(N)NCCCN2CCOCC2)cc1OC1CCCC1. The second kappa shape index (κ2) is 11.1. The van der Waals surface area contributed by atoms with Gasteiger partial charge in [-0.2, -0.15) is 0 Å². The van der Waals surface area contributed by atoms with Crippen LogP contribution >= 0.6 is 0 Å². The van der Waals surface area contributed by atoms with E-state index in [0.717, 1.165) is 75.7 Å². The van der Waals surface area contributed by atoms with E-state index in [1.807, 2.05) is 18.2 Å². The van der Waals surface area contributed by atoms with Crippen molar-refractivity contribution in [2.24, 2.45) is 10.7 Å². The fourth-order valence-electron chi connectivity index (χ4n) is 3.67. The maximum Gasteiger partial charge on any atom is 0.188 e. The molecule has 7 nitrogen and oxygen atoms in total. The lowest BCUT2D eigenvalue weighted by atomic mass is 10.2. The molecule has 1 aliphatic carbocycles. The van der Waals surface area contributed by atoms with Crippen molar-refractivity contribution in [2.45, 2.75) is 44.8 Å². The van der Waals surface area contributed by atoms with Crippen LogP contribution in [0, 0.1) is 0 Å². The van der Waals surface area contributed by atoms with Gasteiger partial charge in [0, 0.05) is 19.6 Å². The van der Waals surface area contributed by atoms with Gasteiger partial charge in [0.25, 0.3) is 0 Å². The van der Waals surface area contributed by atoms with Crippen LogP contribution in [0.2, 0.25) is 0 Å². The lowest BCUT2D eigenvalue weighted by molar-refractivity contribution is 0.0376. The zero-order valence-corrected chi connectivity index (χ0v) is 17.0. The summed E-state index contributed by atoms with van der Waals surface area (Å²) in [6, 6.07) is 5.98. The molecule has 1 aromatic carbocycles. The molecule has 0 radical (unpaired) electrons. The Morgan fingerprint density at radius 3 is 2.79 bits per heavy atom. The van der Waals surface area contributed by atoms with Gasteiger partial charge in [0.1, 0.15) is 0 Å². The lowest BCUT2D eigenvalue weighted by Gasteiger charge is -2.26. The average Bonchev–Trinajstić information content (AvgIpc) is 3.24. The molecule has 7 heteroatoms. The topological polar surface area (TPSA) is 81.3 Å². The van der Waals surface area contributed by atoms with Gasteiger partial charge in [-0.3, -0.25) is 4.90 Å². The Morgan fingerprint density at radius 1 is 1.25 bits per heavy atom. The van der Waals surface area contributed by atoms with E-state index >= 15 is 0 Å². The van der Waals surface area contributed by atoms with Gasteiger partial charge in [-0.1, -0.05) is 6.07 Å². The number of morpholine rings is 1. The molecule has 1 saturated carbocycles. The summed E-state index contributed by atoms with van der Waals surface area (Å²) in [5.41, 5.74) is 7.08. The van der Waals surface area contributed by atoms with Crippen molar-refractivity contribution in [3.05, 3.63) is 23.8 Å². The molecular weight excluding hydrogens is 356 g/mol. The lowest BCUT2D eigenvalue weighted by Crippen LogP contribution is -2.39. The summed E-state index contributed by atoms with van der Waals surface area (Å²) in [6.07, 6.45) is 6.05. The van der Waals surface area contributed by atoms with E-state index in [-0.39, 0.29) is 0 Å². The van der Waals surface area contributed by atoms with Crippen molar-refractivity contribution in [2.75, 3.05) is 46.5 Å². The fraction of sp³-hybridized carbons (Fsp3) is 0.667. The number of aliphatic imine (C=N–C) groups is 1. The maximum atomic E-state index is 6.15. The van der Waals surface area contributed by atoms with Crippen LogP contribution in [0.25, 0.3) is 0 Å². The van der Waals surface area contributed by atoms with Crippen molar-refractivity contribution in [3.63, 3.8) is 0 Å². The highest BCUT2D eigenvalue weighted by Crippen LogP contribution is 2.32. The Balaban J connectivity index is 1.44. The molecule has 156 valence electrons. The smallest absolute Gasteiger partial charge is 0.188 e. The third-order valence-electron chi connectivity index (χ3n) is 5.32. The minimum absolute atomic E-state index is 0.297. The minimum atomic E-state index is 0.297. The normalized spacial score (nSPS) is 19.0. The molecular formula is C21H34N4O3. The number of guanidine groups is 1. The highest BCUT2D eigenvalue weighted by Gasteiger charge is 2.18. The summed E-state index contributed by atoms with van der Waals surface area (Å²) in [5.74, 6) is 2.06. The van der Waals surface area contributed by atoms with Crippen LogP contribution in [0.1, 0.15) is 37.7 Å². The number of nitrogens with two attached hydrogens (primary N) is 1. The first-order valence-electron chi connectivity index (χ1n) is 10.4. The standard InChI is InChI=1S/C21H34N4O3/c1-26-19-8-7-17(15-20(19)28-18-5-2-3-6-18)16-24-21(22)23-9-4-10-25-11-13-27-14-12-25/h7-8,15,18H,2-6,9-14,16H2,1H3,(H3,22,23,24). The number of ether oxygens (including phenoxy) is 3. The second-order valence-corrected chi connectivity index (χ2v) is 7.45. The number of nitrogens with zero attached hydrogens (tertiary/aromatic N) is 2. The molecule has 1 aromatic rings. The first kappa shape index (κ1) is 20.7. The molecule has 0 amide bonds. The monoisotopic (exact) mass is 390 g/mol. The molecule has 2 aliphatic rings. The minimum Gasteiger partial charge on any atom is -0.493 e. The molecule has 0 aromatic heterocycles. The molecule has 0 spiro atoms. The highest BCUT2D eigenvalue weighted by atomic mass is 16.5. The first-order valence-corrected chi connectivity index (χ1v) is 10.4. The van der Waals surface area contributed by atoms with Crippen molar-refractivity contribution >= 4 is 5.96 Å². The molecule has 2 fully saturated rings. The van der Waals surface area contributed by atoms with E-state index in [1.54, 1.807) is 7.11 Å². The molecule has 1 saturated heterocycles. The average molecular weight is 391 g/mol. The van der Waals surface area contributed by atoms with Gasteiger partial charge >= 0.3 is 0 Å². The van der Waals surface area contributed by atoms with E-state index in [9.17, 15) is 0 Å². The highest BCUT2D eigenvalue weighted by molar-refractivity contribution is 5.77.